The Labute approximate surface area is 135 Å². The monoisotopic (exact) mass is 357 g/mol. The maximum Gasteiger partial charge on any atom is 0.419 e. The SMILES string of the molecule is O=C(Cn1cc(-c2ccccc2)oc1=O)c1ccc(Br)cc1. The van der Waals surface area contributed by atoms with Crippen LogP contribution in [0.25, 0.3) is 11.3 Å². The molecule has 3 aromatic rings. The molecule has 0 atom stereocenters. The zero-order valence-electron chi connectivity index (χ0n) is 11.5. The van der Waals surface area contributed by atoms with Crippen molar-refractivity contribution in [2.24, 2.45) is 0 Å². The number of ketones is 1. The lowest BCUT2D eigenvalue weighted by atomic mass is 10.1. The quantitative estimate of drug-likeness (QED) is 0.668. The summed E-state index contributed by atoms with van der Waals surface area (Å²) in [4.78, 5) is 24.1. The van der Waals surface area contributed by atoms with Crippen molar-refractivity contribution in [3.63, 3.8) is 0 Å². The molecule has 4 nitrogen and oxygen atoms in total. The van der Waals surface area contributed by atoms with Gasteiger partial charge in [0, 0.05) is 15.6 Å². The van der Waals surface area contributed by atoms with Crippen molar-refractivity contribution in [1.82, 2.24) is 4.57 Å². The van der Waals surface area contributed by atoms with Gasteiger partial charge in [0.1, 0.15) is 0 Å². The molecule has 110 valence electrons. The standard InChI is InChI=1S/C17H12BrNO3/c18-14-8-6-12(7-9-14)15(20)10-19-11-16(22-17(19)21)13-4-2-1-3-5-13/h1-9,11H,10H2. The Hall–Kier alpha value is -2.40. The van der Waals surface area contributed by atoms with E-state index in [4.69, 9.17) is 4.42 Å². The van der Waals surface area contributed by atoms with Crippen molar-refractivity contribution in [3.05, 3.63) is 81.4 Å². The van der Waals surface area contributed by atoms with Gasteiger partial charge in [0.2, 0.25) is 0 Å². The number of hydrogen-bond acceptors (Lipinski definition) is 3. The highest BCUT2D eigenvalue weighted by molar-refractivity contribution is 9.10. The summed E-state index contributed by atoms with van der Waals surface area (Å²) in [5.74, 6) is -0.228. The molecule has 0 fully saturated rings. The van der Waals surface area contributed by atoms with E-state index in [9.17, 15) is 9.59 Å². The average molecular weight is 358 g/mol. The van der Waals surface area contributed by atoms with Gasteiger partial charge < -0.3 is 4.42 Å². The number of carbonyl (C=O) groups excluding carboxylic acids is 1. The predicted octanol–water partition coefficient (Wildman–Crippen LogP) is 3.75. The molecular weight excluding hydrogens is 346 g/mol. The zero-order chi connectivity index (χ0) is 15.5. The van der Waals surface area contributed by atoms with E-state index < -0.39 is 5.76 Å². The van der Waals surface area contributed by atoms with E-state index in [0.29, 0.717) is 11.3 Å². The molecule has 0 spiro atoms. The molecule has 5 heteroatoms. The molecule has 0 aliphatic heterocycles. The van der Waals surface area contributed by atoms with Crippen LogP contribution in [0.1, 0.15) is 10.4 Å². The van der Waals surface area contributed by atoms with Crippen molar-refractivity contribution >= 4 is 21.7 Å². The molecular formula is C17H12BrNO3. The van der Waals surface area contributed by atoms with Gasteiger partial charge in [-0.05, 0) is 12.1 Å². The van der Waals surface area contributed by atoms with Gasteiger partial charge in [0.25, 0.3) is 0 Å². The van der Waals surface area contributed by atoms with Gasteiger partial charge >= 0.3 is 5.76 Å². The summed E-state index contributed by atoms with van der Waals surface area (Å²) in [7, 11) is 0. The summed E-state index contributed by atoms with van der Waals surface area (Å²) in [6.45, 7) is -0.0448. The Morgan fingerprint density at radius 1 is 1.05 bits per heavy atom. The summed E-state index contributed by atoms with van der Waals surface area (Å²) in [5, 5.41) is 0. The Morgan fingerprint density at radius 3 is 2.41 bits per heavy atom. The molecule has 0 amide bonds. The number of Topliss-reactive ketones (excluding diaryl/α,β-unsaturated/α-hetero) is 1. The van der Waals surface area contributed by atoms with Gasteiger partial charge in [-0.3, -0.25) is 9.36 Å². The third-order valence-corrected chi connectivity index (χ3v) is 3.77. The largest absolute Gasteiger partial charge is 0.419 e. The third kappa shape index (κ3) is 3.09. The second-order valence-corrected chi connectivity index (χ2v) is 5.70. The van der Waals surface area contributed by atoms with E-state index in [2.05, 4.69) is 15.9 Å². The Bertz CT molecular complexity index is 848. The number of hydrogen-bond donors (Lipinski definition) is 0. The predicted molar refractivity (Wildman–Crippen MR) is 86.9 cm³/mol. The lowest BCUT2D eigenvalue weighted by Gasteiger charge is -2.00. The van der Waals surface area contributed by atoms with Gasteiger partial charge in [0.15, 0.2) is 11.5 Å². The van der Waals surface area contributed by atoms with Gasteiger partial charge in [-0.1, -0.05) is 58.4 Å². The summed E-state index contributed by atoms with van der Waals surface area (Å²) in [6, 6.07) is 16.3. The second kappa shape index (κ2) is 6.15. The minimum atomic E-state index is -0.538. The molecule has 0 saturated heterocycles. The minimum Gasteiger partial charge on any atom is -0.408 e. The van der Waals surface area contributed by atoms with Gasteiger partial charge in [0.05, 0.1) is 12.7 Å². The fourth-order valence-electron chi connectivity index (χ4n) is 2.10. The number of aromatic nitrogens is 1. The van der Waals surface area contributed by atoms with E-state index >= 15 is 0 Å². The van der Waals surface area contributed by atoms with Crippen LogP contribution in [-0.2, 0) is 6.54 Å². The van der Waals surface area contributed by atoms with Crippen LogP contribution in [-0.4, -0.2) is 10.4 Å². The normalized spacial score (nSPS) is 10.6. The lowest BCUT2D eigenvalue weighted by molar-refractivity contribution is 0.0969. The first kappa shape index (κ1) is 14.5. The highest BCUT2D eigenvalue weighted by Gasteiger charge is 2.12. The number of halogens is 1. The summed E-state index contributed by atoms with van der Waals surface area (Å²) in [6.07, 6.45) is 1.56. The van der Waals surface area contributed by atoms with Crippen LogP contribution < -0.4 is 5.76 Å². The highest BCUT2D eigenvalue weighted by atomic mass is 79.9. The lowest BCUT2D eigenvalue weighted by Crippen LogP contribution is -2.19. The molecule has 0 aliphatic rings. The van der Waals surface area contributed by atoms with Crippen molar-refractivity contribution in [2.75, 3.05) is 0 Å². The van der Waals surface area contributed by atoms with Crippen LogP contribution in [0, 0.1) is 0 Å². The number of carbonyl (C=O) groups is 1. The fraction of sp³-hybridized carbons (Fsp3) is 0.0588. The number of oxazole rings is 1. The Kier molecular flexibility index (Phi) is 4.06. The van der Waals surface area contributed by atoms with Crippen LogP contribution in [0.2, 0.25) is 0 Å². The van der Waals surface area contributed by atoms with E-state index in [1.165, 1.54) is 4.57 Å². The van der Waals surface area contributed by atoms with E-state index in [0.717, 1.165) is 10.0 Å². The fourth-order valence-corrected chi connectivity index (χ4v) is 2.37. The molecule has 0 radical (unpaired) electrons. The maximum absolute atomic E-state index is 12.2. The van der Waals surface area contributed by atoms with Gasteiger partial charge in [-0.15, -0.1) is 0 Å². The highest BCUT2D eigenvalue weighted by Crippen LogP contribution is 2.17. The van der Waals surface area contributed by atoms with Crippen LogP contribution in [0.3, 0.4) is 0 Å². The zero-order valence-corrected chi connectivity index (χ0v) is 13.1. The van der Waals surface area contributed by atoms with Crippen molar-refractivity contribution in [3.8, 4) is 11.3 Å². The topological polar surface area (TPSA) is 52.2 Å². The molecule has 0 unspecified atom stereocenters. The van der Waals surface area contributed by atoms with Crippen molar-refractivity contribution in [2.45, 2.75) is 6.54 Å². The molecule has 0 bridgehead atoms. The van der Waals surface area contributed by atoms with Crippen LogP contribution in [0.4, 0.5) is 0 Å². The molecule has 2 aromatic carbocycles. The first-order chi connectivity index (χ1) is 10.6. The molecule has 0 aliphatic carbocycles. The minimum absolute atomic E-state index is 0.0448. The number of nitrogens with zero attached hydrogens (tertiary/aromatic N) is 1. The van der Waals surface area contributed by atoms with Crippen LogP contribution in [0.5, 0.6) is 0 Å². The Morgan fingerprint density at radius 2 is 1.73 bits per heavy atom. The first-order valence-corrected chi connectivity index (χ1v) is 7.47. The van der Waals surface area contributed by atoms with Crippen molar-refractivity contribution < 1.29 is 9.21 Å². The van der Waals surface area contributed by atoms with Crippen LogP contribution >= 0.6 is 15.9 Å². The van der Waals surface area contributed by atoms with Crippen LogP contribution in [0.15, 0.2) is 74.5 Å². The molecule has 1 heterocycles. The van der Waals surface area contributed by atoms with Gasteiger partial charge in [-0.2, -0.15) is 0 Å². The van der Waals surface area contributed by atoms with E-state index in [1.807, 2.05) is 30.3 Å². The second-order valence-electron chi connectivity index (χ2n) is 4.79. The summed E-state index contributed by atoms with van der Waals surface area (Å²) in [5.41, 5.74) is 1.35. The number of rotatable bonds is 4. The molecule has 22 heavy (non-hydrogen) atoms. The average Bonchev–Trinajstić information content (AvgIpc) is 2.90. The number of benzene rings is 2. The molecule has 1 aromatic heterocycles. The van der Waals surface area contributed by atoms with Crippen molar-refractivity contribution in [1.29, 1.82) is 0 Å². The summed E-state index contributed by atoms with van der Waals surface area (Å²) >= 11 is 3.32. The maximum atomic E-state index is 12.2. The first-order valence-electron chi connectivity index (χ1n) is 6.68. The summed E-state index contributed by atoms with van der Waals surface area (Å²) < 4.78 is 7.39. The molecule has 0 saturated carbocycles. The molecule has 0 N–H and O–H groups in total. The Balaban J connectivity index is 1.84. The van der Waals surface area contributed by atoms with E-state index in [1.54, 1.807) is 30.5 Å². The molecule has 3 rings (SSSR count). The third-order valence-electron chi connectivity index (χ3n) is 3.24. The van der Waals surface area contributed by atoms with Gasteiger partial charge in [-0.25, -0.2) is 4.79 Å². The smallest absolute Gasteiger partial charge is 0.408 e. The van der Waals surface area contributed by atoms with E-state index in [-0.39, 0.29) is 12.3 Å².